The van der Waals surface area contributed by atoms with Gasteiger partial charge in [-0.2, -0.15) is 13.2 Å². The van der Waals surface area contributed by atoms with Crippen LogP contribution in [0.1, 0.15) is 22.8 Å². The first-order valence-electron chi connectivity index (χ1n) is 9.03. The third-order valence-corrected chi connectivity index (χ3v) is 5.33. The van der Waals surface area contributed by atoms with Crippen molar-refractivity contribution < 1.29 is 27.6 Å². The number of aromatic carboxylic acids is 1. The molecule has 1 atom stereocenters. The van der Waals surface area contributed by atoms with Gasteiger partial charge in [0.1, 0.15) is 5.82 Å². The van der Waals surface area contributed by atoms with Crippen molar-refractivity contribution in [1.29, 1.82) is 0 Å². The van der Waals surface area contributed by atoms with Crippen LogP contribution in [0.2, 0.25) is 5.02 Å². The van der Waals surface area contributed by atoms with E-state index in [1.165, 1.54) is 24.4 Å². The van der Waals surface area contributed by atoms with Crippen LogP contribution in [0.4, 0.5) is 24.8 Å². The summed E-state index contributed by atoms with van der Waals surface area (Å²) >= 11 is 6.21. The monoisotopic (exact) mass is 440 g/mol. The number of benzene rings is 1. The third kappa shape index (κ3) is 3.51. The molecule has 30 heavy (non-hydrogen) atoms. The molecule has 1 unspecified atom stereocenters. The van der Waals surface area contributed by atoms with Gasteiger partial charge in [-0.1, -0.05) is 22.8 Å². The number of anilines is 2. The Hall–Kier alpha value is -3.01. The van der Waals surface area contributed by atoms with E-state index in [9.17, 15) is 18.0 Å². The first-order valence-corrected chi connectivity index (χ1v) is 9.40. The molecule has 0 bridgehead atoms. The number of carbonyl (C=O) groups is 1. The lowest BCUT2D eigenvalue weighted by atomic mass is 10.1. The molecule has 11 heteroatoms. The van der Waals surface area contributed by atoms with Crippen molar-refractivity contribution in [1.82, 2.24) is 10.1 Å². The summed E-state index contributed by atoms with van der Waals surface area (Å²) in [6, 6.07) is 4.85. The molecule has 3 heterocycles. The summed E-state index contributed by atoms with van der Waals surface area (Å²) < 4.78 is 45.6. The molecule has 1 aliphatic rings. The van der Waals surface area contributed by atoms with Crippen LogP contribution in [-0.4, -0.2) is 46.9 Å². The molecule has 1 aliphatic heterocycles. The summed E-state index contributed by atoms with van der Waals surface area (Å²) in [7, 11) is 0. The normalized spacial score (nSPS) is 17.6. The van der Waals surface area contributed by atoms with Crippen LogP contribution in [-0.2, 0) is 6.18 Å². The second kappa shape index (κ2) is 7.35. The van der Waals surface area contributed by atoms with Gasteiger partial charge in [0.25, 0.3) is 0 Å². The molecule has 0 spiro atoms. The molecule has 1 N–H and O–H groups in total. The lowest BCUT2D eigenvalue weighted by Crippen LogP contribution is -2.52. The van der Waals surface area contributed by atoms with Crippen LogP contribution in [0, 0.1) is 0 Å². The van der Waals surface area contributed by atoms with Crippen molar-refractivity contribution in [3.05, 3.63) is 46.6 Å². The molecule has 0 amide bonds. The number of hydrogen-bond acceptors (Lipinski definition) is 6. The zero-order valence-corrected chi connectivity index (χ0v) is 16.4. The van der Waals surface area contributed by atoms with Gasteiger partial charge in [0.2, 0.25) is 0 Å². The molecule has 0 radical (unpaired) electrons. The van der Waals surface area contributed by atoms with E-state index in [1.807, 2.05) is 11.8 Å². The van der Waals surface area contributed by atoms with Gasteiger partial charge in [-0.05, 0) is 25.1 Å². The number of carboxylic acids is 1. The zero-order valence-electron chi connectivity index (χ0n) is 15.6. The van der Waals surface area contributed by atoms with Crippen molar-refractivity contribution in [3.63, 3.8) is 0 Å². The predicted molar refractivity (Wildman–Crippen MR) is 104 cm³/mol. The van der Waals surface area contributed by atoms with Crippen LogP contribution < -0.4 is 9.80 Å². The van der Waals surface area contributed by atoms with Gasteiger partial charge in [0.15, 0.2) is 11.4 Å². The number of rotatable bonds is 3. The highest BCUT2D eigenvalue weighted by Crippen LogP contribution is 2.40. The number of pyridine rings is 1. The van der Waals surface area contributed by atoms with Crippen LogP contribution in [0.25, 0.3) is 11.0 Å². The maximum atomic E-state index is 13.5. The Bertz CT molecular complexity index is 1120. The molecular weight excluding hydrogens is 425 g/mol. The Morgan fingerprint density at radius 2 is 2.07 bits per heavy atom. The van der Waals surface area contributed by atoms with Crippen molar-refractivity contribution in [3.8, 4) is 0 Å². The lowest BCUT2D eigenvalue weighted by molar-refractivity contribution is -0.136. The molecule has 1 fully saturated rings. The zero-order chi connectivity index (χ0) is 21.6. The fraction of sp³-hybridized carbons (Fsp3) is 0.316. The number of alkyl halides is 3. The van der Waals surface area contributed by atoms with Gasteiger partial charge in [0.05, 0.1) is 21.5 Å². The minimum absolute atomic E-state index is 0.0239. The maximum Gasteiger partial charge on any atom is 0.417 e. The highest BCUT2D eigenvalue weighted by Gasteiger charge is 2.37. The standard InChI is InChI=1S/C19H16ClF3N4O3/c1-10-9-26(16-13(20)7-11(8-24-16)18(28)29)5-6-27(10)17-15-12(19(21,22)23)3-2-4-14(15)30-25-17/h2-4,7-8,10H,5-6,9H2,1H3,(H,28,29). The topological polar surface area (TPSA) is 82.7 Å². The van der Waals surface area contributed by atoms with Crippen molar-refractivity contribution in [2.24, 2.45) is 0 Å². The molecule has 2 aromatic heterocycles. The molecule has 1 saturated heterocycles. The lowest BCUT2D eigenvalue weighted by Gasteiger charge is -2.40. The number of aromatic nitrogens is 2. The third-order valence-electron chi connectivity index (χ3n) is 5.05. The van der Waals surface area contributed by atoms with E-state index in [4.69, 9.17) is 21.2 Å². The molecule has 1 aromatic carbocycles. The summed E-state index contributed by atoms with van der Waals surface area (Å²) in [5, 5.41) is 13.1. The van der Waals surface area contributed by atoms with E-state index in [0.717, 1.165) is 6.07 Å². The number of nitrogens with zero attached hydrogens (tertiary/aromatic N) is 4. The number of carboxylic acid groups (broad SMARTS) is 1. The summed E-state index contributed by atoms with van der Waals surface area (Å²) in [6.07, 6.45) is -3.31. The summed E-state index contributed by atoms with van der Waals surface area (Å²) in [5.41, 5.74) is -0.743. The molecule has 158 valence electrons. The molecule has 0 aliphatic carbocycles. The average Bonchev–Trinajstić information content (AvgIpc) is 3.11. The summed E-state index contributed by atoms with van der Waals surface area (Å²) in [5.74, 6) is -0.563. The van der Waals surface area contributed by atoms with Crippen molar-refractivity contribution in [2.45, 2.75) is 19.1 Å². The van der Waals surface area contributed by atoms with E-state index in [0.29, 0.717) is 25.5 Å². The molecule has 0 saturated carbocycles. The number of fused-ring (bicyclic) bond motifs is 1. The van der Waals surface area contributed by atoms with Gasteiger partial charge in [0, 0.05) is 31.9 Å². The Kier molecular flexibility index (Phi) is 4.97. The predicted octanol–water partition coefficient (Wildman–Crippen LogP) is 4.31. The SMILES string of the molecule is CC1CN(c2ncc(C(=O)O)cc2Cl)CCN1c1noc2cccc(C(F)(F)F)c12. The Morgan fingerprint density at radius 1 is 1.30 bits per heavy atom. The Balaban J connectivity index is 1.63. The second-order valence-electron chi connectivity index (χ2n) is 7.01. The Morgan fingerprint density at radius 3 is 2.70 bits per heavy atom. The van der Waals surface area contributed by atoms with Crippen molar-refractivity contribution >= 4 is 40.2 Å². The van der Waals surface area contributed by atoms with Crippen molar-refractivity contribution in [2.75, 3.05) is 29.4 Å². The molecule has 7 nitrogen and oxygen atoms in total. The van der Waals surface area contributed by atoms with Crippen LogP contribution >= 0.6 is 11.6 Å². The van der Waals surface area contributed by atoms with Crippen LogP contribution in [0.3, 0.4) is 0 Å². The van der Waals surface area contributed by atoms with E-state index < -0.39 is 17.7 Å². The first kappa shape index (κ1) is 20.3. The highest BCUT2D eigenvalue weighted by molar-refractivity contribution is 6.33. The average molecular weight is 441 g/mol. The molecule has 4 rings (SSSR count). The van der Waals surface area contributed by atoms with E-state index in [2.05, 4.69) is 10.1 Å². The second-order valence-corrected chi connectivity index (χ2v) is 7.41. The number of hydrogen-bond donors (Lipinski definition) is 1. The fourth-order valence-electron chi connectivity index (χ4n) is 3.65. The van der Waals surface area contributed by atoms with E-state index in [1.54, 1.807) is 4.90 Å². The van der Waals surface area contributed by atoms with Gasteiger partial charge in [-0.25, -0.2) is 9.78 Å². The van der Waals surface area contributed by atoms with Gasteiger partial charge >= 0.3 is 12.1 Å². The fourth-order valence-corrected chi connectivity index (χ4v) is 3.94. The maximum absolute atomic E-state index is 13.5. The Labute approximate surface area is 173 Å². The minimum atomic E-state index is -4.53. The summed E-state index contributed by atoms with van der Waals surface area (Å²) in [6.45, 7) is 3.02. The summed E-state index contributed by atoms with van der Waals surface area (Å²) in [4.78, 5) is 18.8. The van der Waals surface area contributed by atoms with Gasteiger partial charge < -0.3 is 19.4 Å². The van der Waals surface area contributed by atoms with E-state index in [-0.39, 0.29) is 33.4 Å². The van der Waals surface area contributed by atoms with Crippen LogP contribution in [0.15, 0.2) is 35.0 Å². The largest absolute Gasteiger partial charge is 0.478 e. The molecular formula is C19H16ClF3N4O3. The minimum Gasteiger partial charge on any atom is -0.478 e. The number of piperazine rings is 1. The smallest absolute Gasteiger partial charge is 0.417 e. The number of halogens is 4. The van der Waals surface area contributed by atoms with Gasteiger partial charge in [-0.3, -0.25) is 0 Å². The van der Waals surface area contributed by atoms with Gasteiger partial charge in [-0.15, -0.1) is 0 Å². The quantitative estimate of drug-likeness (QED) is 0.649. The van der Waals surface area contributed by atoms with E-state index >= 15 is 0 Å². The highest BCUT2D eigenvalue weighted by atomic mass is 35.5. The van der Waals surface area contributed by atoms with Crippen LogP contribution in [0.5, 0.6) is 0 Å². The first-order chi connectivity index (χ1) is 14.2. The molecule has 3 aromatic rings.